The van der Waals surface area contributed by atoms with Crippen LogP contribution in [0.2, 0.25) is 0 Å². The summed E-state index contributed by atoms with van der Waals surface area (Å²) in [5.41, 5.74) is 0. The molecule has 4 N–H and O–H groups in total. The average molecular weight is 622 g/mol. The predicted molar refractivity (Wildman–Crippen MR) is 190 cm³/mol. The fourth-order valence-corrected chi connectivity index (χ4v) is 5.76. The van der Waals surface area contributed by atoms with Crippen LogP contribution >= 0.6 is 0 Å². The smallest absolute Gasteiger partial charge is 0.220 e. The van der Waals surface area contributed by atoms with Gasteiger partial charge in [-0.1, -0.05) is 160 Å². The van der Waals surface area contributed by atoms with Crippen LogP contribution in [0, 0.1) is 0 Å². The maximum atomic E-state index is 12.3. The fraction of sp³-hybridized carbons (Fsp3) is 0.872. The Kier molecular flexibility index (Phi) is 33.8. The van der Waals surface area contributed by atoms with Gasteiger partial charge in [0.15, 0.2) is 0 Å². The number of allylic oxidation sites excluding steroid dienone is 4. The molecule has 1 amide bonds. The molecule has 0 aromatic rings. The van der Waals surface area contributed by atoms with Gasteiger partial charge in [-0.05, 0) is 51.4 Å². The van der Waals surface area contributed by atoms with Crippen LogP contribution in [0.4, 0.5) is 0 Å². The van der Waals surface area contributed by atoms with E-state index in [1.54, 1.807) is 0 Å². The second kappa shape index (κ2) is 34.7. The molecule has 0 aliphatic rings. The predicted octanol–water partition coefficient (Wildman–Crippen LogP) is 10.3. The van der Waals surface area contributed by atoms with Crippen molar-refractivity contribution >= 4 is 5.91 Å². The molecule has 0 bridgehead atoms. The highest BCUT2D eigenvalue weighted by atomic mass is 16.3. The van der Waals surface area contributed by atoms with Gasteiger partial charge in [0, 0.05) is 6.42 Å². The van der Waals surface area contributed by atoms with Gasteiger partial charge in [0.05, 0.1) is 18.8 Å². The fourth-order valence-electron chi connectivity index (χ4n) is 5.76. The Hall–Kier alpha value is -1.17. The first-order chi connectivity index (χ1) is 21.6. The Bertz CT molecular complexity index is 650. The van der Waals surface area contributed by atoms with Gasteiger partial charge in [-0.2, -0.15) is 0 Å². The summed E-state index contributed by atoms with van der Waals surface area (Å²) < 4.78 is 0. The number of rotatable bonds is 34. The van der Waals surface area contributed by atoms with Crippen LogP contribution in [0.1, 0.15) is 194 Å². The van der Waals surface area contributed by atoms with Gasteiger partial charge in [0.25, 0.3) is 0 Å². The monoisotopic (exact) mass is 622 g/mol. The molecule has 3 atom stereocenters. The summed E-state index contributed by atoms with van der Waals surface area (Å²) in [6.45, 7) is 4.13. The zero-order valence-electron chi connectivity index (χ0n) is 29.3. The Morgan fingerprint density at radius 2 is 0.932 bits per heavy atom. The molecule has 0 heterocycles. The lowest BCUT2D eigenvalue weighted by molar-refractivity contribution is -0.124. The molecule has 0 rings (SSSR count). The van der Waals surface area contributed by atoms with Crippen molar-refractivity contribution in [1.29, 1.82) is 0 Å². The van der Waals surface area contributed by atoms with Gasteiger partial charge in [-0.3, -0.25) is 4.79 Å². The highest BCUT2D eigenvalue weighted by molar-refractivity contribution is 5.76. The molecule has 0 aliphatic heterocycles. The van der Waals surface area contributed by atoms with Gasteiger partial charge in [0.2, 0.25) is 5.91 Å². The van der Waals surface area contributed by atoms with Crippen LogP contribution in [-0.2, 0) is 4.79 Å². The zero-order valence-corrected chi connectivity index (χ0v) is 29.3. The van der Waals surface area contributed by atoms with Crippen LogP contribution in [0.5, 0.6) is 0 Å². The van der Waals surface area contributed by atoms with E-state index < -0.39 is 18.2 Å². The number of aliphatic hydroxyl groups excluding tert-OH is 3. The lowest BCUT2D eigenvalue weighted by atomic mass is 10.0. The molecule has 0 radical (unpaired) electrons. The summed E-state index contributed by atoms with van der Waals surface area (Å²) in [6, 6.07) is -0.826. The minimum absolute atomic E-state index is 0.161. The molecule has 0 aromatic heterocycles. The van der Waals surface area contributed by atoms with Gasteiger partial charge in [0.1, 0.15) is 6.10 Å². The molecule has 0 aliphatic carbocycles. The number of aliphatic hydroxyl groups is 3. The number of unbranched alkanes of at least 4 members (excludes halogenated alkanes) is 22. The summed E-state index contributed by atoms with van der Waals surface area (Å²) in [4.78, 5) is 12.3. The van der Waals surface area contributed by atoms with Gasteiger partial charge in [-0.25, -0.2) is 0 Å². The zero-order chi connectivity index (χ0) is 32.4. The lowest BCUT2D eigenvalue weighted by Crippen LogP contribution is -2.50. The van der Waals surface area contributed by atoms with E-state index >= 15 is 0 Å². The largest absolute Gasteiger partial charge is 0.394 e. The van der Waals surface area contributed by atoms with E-state index in [-0.39, 0.29) is 12.5 Å². The minimum Gasteiger partial charge on any atom is -0.394 e. The van der Waals surface area contributed by atoms with Gasteiger partial charge >= 0.3 is 0 Å². The average Bonchev–Trinajstić information content (AvgIpc) is 3.03. The third kappa shape index (κ3) is 29.5. The maximum absolute atomic E-state index is 12.3. The quantitative estimate of drug-likeness (QED) is 0.0425. The molecule has 260 valence electrons. The second-order valence-electron chi connectivity index (χ2n) is 13.1. The van der Waals surface area contributed by atoms with Gasteiger partial charge in [-0.15, -0.1) is 0 Å². The highest BCUT2D eigenvalue weighted by Gasteiger charge is 2.26. The van der Waals surface area contributed by atoms with Crippen molar-refractivity contribution in [2.45, 2.75) is 212 Å². The van der Waals surface area contributed by atoms with Crippen molar-refractivity contribution in [2.24, 2.45) is 0 Å². The van der Waals surface area contributed by atoms with Crippen LogP contribution in [0.3, 0.4) is 0 Å². The van der Waals surface area contributed by atoms with Crippen molar-refractivity contribution in [3.63, 3.8) is 0 Å². The Labute approximate surface area is 273 Å². The minimum atomic E-state index is -1.16. The third-order valence-electron chi connectivity index (χ3n) is 8.79. The van der Waals surface area contributed by atoms with E-state index in [2.05, 4.69) is 43.5 Å². The number of carbonyl (C=O) groups excluding carboxylic acids is 1. The van der Waals surface area contributed by atoms with Crippen LogP contribution in [-0.4, -0.2) is 46.1 Å². The molecular weight excluding hydrogens is 546 g/mol. The topological polar surface area (TPSA) is 89.8 Å². The molecule has 0 spiro atoms. The SMILES string of the molecule is CCCCCCCCCCCCC/C=C/CC/C=C/CCCC(O)C(O)C(CO)NC(=O)CCCCCCCCCCCC. The van der Waals surface area contributed by atoms with E-state index in [9.17, 15) is 20.1 Å². The van der Waals surface area contributed by atoms with Crippen molar-refractivity contribution in [1.82, 2.24) is 5.32 Å². The number of hydrogen-bond acceptors (Lipinski definition) is 4. The first kappa shape index (κ1) is 42.8. The van der Waals surface area contributed by atoms with Gasteiger partial charge < -0.3 is 20.6 Å². The van der Waals surface area contributed by atoms with Crippen LogP contribution < -0.4 is 5.32 Å². The Morgan fingerprint density at radius 3 is 1.39 bits per heavy atom. The van der Waals surface area contributed by atoms with E-state index in [1.165, 1.54) is 122 Å². The van der Waals surface area contributed by atoms with E-state index in [4.69, 9.17) is 0 Å². The third-order valence-corrected chi connectivity index (χ3v) is 8.79. The number of hydrogen-bond donors (Lipinski definition) is 4. The molecule has 5 heteroatoms. The number of carbonyl (C=O) groups is 1. The second-order valence-corrected chi connectivity index (χ2v) is 13.1. The molecule has 0 saturated heterocycles. The maximum Gasteiger partial charge on any atom is 0.220 e. The summed E-state index contributed by atoms with van der Waals surface area (Å²) in [5.74, 6) is -0.161. The van der Waals surface area contributed by atoms with E-state index in [1.807, 2.05) is 0 Å². The van der Waals surface area contributed by atoms with E-state index in [0.717, 1.165) is 44.9 Å². The molecule has 0 aromatic carbocycles. The molecule has 44 heavy (non-hydrogen) atoms. The Morgan fingerprint density at radius 1 is 0.545 bits per heavy atom. The summed E-state index contributed by atoms with van der Waals surface area (Å²) in [5, 5.41) is 33.3. The molecule has 5 nitrogen and oxygen atoms in total. The molecular formula is C39H75NO4. The molecule has 0 fully saturated rings. The highest BCUT2D eigenvalue weighted by Crippen LogP contribution is 2.14. The standard InChI is InChI=1S/C39H75NO4/c1-3-5-7-9-11-13-15-16-17-18-19-20-21-22-23-24-25-27-29-31-33-37(42)39(44)36(35-41)40-38(43)34-32-30-28-26-14-12-10-8-6-4-2/h21-22,25,27,36-37,39,41-42,44H,3-20,23-24,26,28-35H2,1-2H3,(H,40,43)/b22-21+,27-25+. The van der Waals surface area contributed by atoms with E-state index in [0.29, 0.717) is 12.8 Å². The molecule has 0 saturated carbocycles. The number of nitrogens with one attached hydrogen (secondary N) is 1. The first-order valence-corrected chi connectivity index (χ1v) is 19.1. The van der Waals surface area contributed by atoms with Crippen LogP contribution in [0.15, 0.2) is 24.3 Å². The summed E-state index contributed by atoms with van der Waals surface area (Å²) >= 11 is 0. The van der Waals surface area contributed by atoms with Crippen molar-refractivity contribution in [3.8, 4) is 0 Å². The van der Waals surface area contributed by atoms with Crippen molar-refractivity contribution < 1.29 is 20.1 Å². The summed E-state index contributed by atoms with van der Waals surface area (Å²) in [6.07, 6.45) is 39.9. The summed E-state index contributed by atoms with van der Waals surface area (Å²) in [7, 11) is 0. The Balaban J connectivity index is 3.72. The number of amides is 1. The first-order valence-electron chi connectivity index (χ1n) is 19.1. The lowest BCUT2D eigenvalue weighted by Gasteiger charge is -2.26. The van der Waals surface area contributed by atoms with Crippen LogP contribution in [0.25, 0.3) is 0 Å². The molecule has 3 unspecified atom stereocenters. The van der Waals surface area contributed by atoms with Crippen molar-refractivity contribution in [2.75, 3.05) is 6.61 Å². The normalized spacial score (nSPS) is 14.0. The van der Waals surface area contributed by atoms with Crippen molar-refractivity contribution in [3.05, 3.63) is 24.3 Å².